The third kappa shape index (κ3) is 1.10. The van der Waals surface area contributed by atoms with Gasteiger partial charge in [0.1, 0.15) is 5.51 Å². The molecule has 3 N–H and O–H groups in total. The third-order valence-electron chi connectivity index (χ3n) is 1.51. The van der Waals surface area contributed by atoms with E-state index in [2.05, 4.69) is 15.5 Å². The summed E-state index contributed by atoms with van der Waals surface area (Å²) in [6.45, 7) is 0. The Kier molecular flexibility index (Phi) is 1.32. The minimum atomic E-state index is 0.323. The Morgan fingerprint density at radius 2 is 2.60 bits per heavy atom. The fourth-order valence-corrected chi connectivity index (χ4v) is 1.28. The van der Waals surface area contributed by atoms with Crippen molar-refractivity contribution >= 4 is 16.5 Å². The second-order valence-corrected chi connectivity index (χ2v) is 3.23. The van der Waals surface area contributed by atoms with Crippen LogP contribution in [0.4, 0.5) is 5.13 Å². The third-order valence-corrected chi connectivity index (χ3v) is 2.13. The predicted molar refractivity (Wildman–Crippen MR) is 39.9 cm³/mol. The van der Waals surface area contributed by atoms with E-state index in [1.54, 1.807) is 5.51 Å². The van der Waals surface area contributed by atoms with Gasteiger partial charge in [-0.05, 0) is 6.42 Å². The van der Waals surface area contributed by atoms with Gasteiger partial charge in [-0.2, -0.15) is 0 Å². The van der Waals surface area contributed by atoms with Gasteiger partial charge in [-0.15, -0.1) is 10.2 Å². The second-order valence-electron chi connectivity index (χ2n) is 2.39. The Morgan fingerprint density at radius 3 is 3.10 bits per heavy atom. The molecule has 1 saturated carbocycles. The SMILES string of the molecule is NC1CC1Nc1nncs1. The number of hydrogen-bond acceptors (Lipinski definition) is 5. The highest BCUT2D eigenvalue weighted by Gasteiger charge is 2.33. The molecule has 0 aliphatic heterocycles. The minimum Gasteiger partial charge on any atom is -0.356 e. The number of anilines is 1. The first-order valence-corrected chi connectivity index (χ1v) is 4.02. The summed E-state index contributed by atoms with van der Waals surface area (Å²) in [5, 5.41) is 11.6. The van der Waals surface area contributed by atoms with Crippen LogP contribution in [0.5, 0.6) is 0 Å². The summed E-state index contributed by atoms with van der Waals surface area (Å²) in [5.74, 6) is 0. The maximum absolute atomic E-state index is 5.58. The van der Waals surface area contributed by atoms with Crippen LogP contribution in [0.15, 0.2) is 5.51 Å². The number of rotatable bonds is 2. The van der Waals surface area contributed by atoms with Crippen molar-refractivity contribution in [2.24, 2.45) is 5.73 Å². The van der Waals surface area contributed by atoms with Crippen LogP contribution in [0.3, 0.4) is 0 Å². The Balaban J connectivity index is 1.93. The van der Waals surface area contributed by atoms with Crippen LogP contribution in [-0.2, 0) is 0 Å². The molecule has 1 fully saturated rings. The lowest BCUT2D eigenvalue weighted by Crippen LogP contribution is -2.12. The number of nitrogens with zero attached hydrogens (tertiary/aromatic N) is 2. The number of nitrogens with two attached hydrogens (primary N) is 1. The van der Waals surface area contributed by atoms with Crippen molar-refractivity contribution in [1.82, 2.24) is 10.2 Å². The van der Waals surface area contributed by atoms with E-state index >= 15 is 0 Å². The van der Waals surface area contributed by atoms with Gasteiger partial charge in [0.25, 0.3) is 0 Å². The van der Waals surface area contributed by atoms with E-state index in [9.17, 15) is 0 Å². The maximum Gasteiger partial charge on any atom is 0.205 e. The van der Waals surface area contributed by atoms with Gasteiger partial charge in [0.15, 0.2) is 0 Å². The molecule has 1 heterocycles. The molecule has 5 heteroatoms. The zero-order valence-electron chi connectivity index (χ0n) is 5.32. The predicted octanol–water partition coefficient (Wildman–Crippen LogP) is 0.0496. The van der Waals surface area contributed by atoms with Crippen molar-refractivity contribution in [3.63, 3.8) is 0 Å². The van der Waals surface area contributed by atoms with Crippen LogP contribution >= 0.6 is 11.3 Å². The standard InChI is InChI=1S/C5H8N4S/c6-3-1-4(3)8-5-9-7-2-10-5/h2-4H,1,6H2,(H,8,9). The van der Waals surface area contributed by atoms with Crippen LogP contribution in [0.25, 0.3) is 0 Å². The van der Waals surface area contributed by atoms with Crippen LogP contribution in [-0.4, -0.2) is 22.3 Å². The summed E-state index contributed by atoms with van der Waals surface area (Å²) in [4.78, 5) is 0. The van der Waals surface area contributed by atoms with Crippen molar-refractivity contribution in [2.45, 2.75) is 18.5 Å². The lowest BCUT2D eigenvalue weighted by molar-refractivity contribution is 0.987. The molecule has 0 aromatic carbocycles. The van der Waals surface area contributed by atoms with Crippen molar-refractivity contribution in [3.05, 3.63) is 5.51 Å². The second kappa shape index (κ2) is 2.17. The molecule has 2 unspecified atom stereocenters. The first-order chi connectivity index (χ1) is 4.86. The minimum absolute atomic E-state index is 0.323. The van der Waals surface area contributed by atoms with Gasteiger partial charge in [0.05, 0.1) is 0 Å². The molecule has 2 atom stereocenters. The van der Waals surface area contributed by atoms with Gasteiger partial charge in [0, 0.05) is 12.1 Å². The zero-order chi connectivity index (χ0) is 6.97. The first kappa shape index (κ1) is 6.06. The fourth-order valence-electron chi connectivity index (χ4n) is 0.775. The molecule has 4 nitrogen and oxygen atoms in total. The topological polar surface area (TPSA) is 63.8 Å². The Labute approximate surface area is 62.5 Å². The highest BCUT2D eigenvalue weighted by atomic mass is 32.1. The smallest absolute Gasteiger partial charge is 0.205 e. The molecule has 1 aromatic heterocycles. The highest BCUT2D eigenvalue weighted by molar-refractivity contribution is 7.13. The van der Waals surface area contributed by atoms with Gasteiger partial charge < -0.3 is 11.1 Å². The molecule has 1 aliphatic carbocycles. The molecule has 1 aliphatic rings. The summed E-state index contributed by atoms with van der Waals surface area (Å²) in [5.41, 5.74) is 7.28. The van der Waals surface area contributed by atoms with Crippen LogP contribution < -0.4 is 11.1 Å². The molecule has 0 radical (unpaired) electrons. The monoisotopic (exact) mass is 156 g/mol. The average Bonchev–Trinajstić information content (AvgIpc) is 2.48. The summed E-state index contributed by atoms with van der Waals surface area (Å²) >= 11 is 1.50. The first-order valence-electron chi connectivity index (χ1n) is 3.14. The zero-order valence-corrected chi connectivity index (χ0v) is 6.14. The van der Waals surface area contributed by atoms with Gasteiger partial charge in [0.2, 0.25) is 5.13 Å². The van der Waals surface area contributed by atoms with E-state index in [-0.39, 0.29) is 0 Å². The molecule has 1 aromatic rings. The van der Waals surface area contributed by atoms with Gasteiger partial charge in [-0.25, -0.2) is 0 Å². The summed E-state index contributed by atoms with van der Waals surface area (Å²) in [6, 6.07) is 0.761. The molecule has 0 amide bonds. The van der Waals surface area contributed by atoms with E-state index in [4.69, 9.17) is 5.73 Å². The quantitative estimate of drug-likeness (QED) is 0.635. The fraction of sp³-hybridized carbons (Fsp3) is 0.600. The molecule has 0 bridgehead atoms. The molecular formula is C5H8N4S. The van der Waals surface area contributed by atoms with Crippen molar-refractivity contribution in [3.8, 4) is 0 Å². The maximum atomic E-state index is 5.58. The lowest BCUT2D eigenvalue weighted by Gasteiger charge is -1.95. The Morgan fingerprint density at radius 1 is 1.80 bits per heavy atom. The molecule has 10 heavy (non-hydrogen) atoms. The Hall–Kier alpha value is -0.680. The molecule has 2 rings (SSSR count). The van der Waals surface area contributed by atoms with Crippen LogP contribution in [0.2, 0.25) is 0 Å². The number of hydrogen-bond donors (Lipinski definition) is 2. The number of aromatic nitrogens is 2. The van der Waals surface area contributed by atoms with Gasteiger partial charge in [-0.3, -0.25) is 0 Å². The highest BCUT2D eigenvalue weighted by Crippen LogP contribution is 2.23. The summed E-state index contributed by atoms with van der Waals surface area (Å²) in [7, 11) is 0. The molecule has 54 valence electrons. The summed E-state index contributed by atoms with van der Waals surface area (Å²) in [6.07, 6.45) is 1.06. The van der Waals surface area contributed by atoms with E-state index in [1.807, 2.05) is 0 Å². The Bertz CT molecular complexity index is 209. The molecule has 0 spiro atoms. The van der Waals surface area contributed by atoms with Crippen molar-refractivity contribution in [1.29, 1.82) is 0 Å². The summed E-state index contributed by atoms with van der Waals surface area (Å²) < 4.78 is 0. The number of nitrogens with one attached hydrogen (secondary N) is 1. The lowest BCUT2D eigenvalue weighted by atomic mass is 10.7. The van der Waals surface area contributed by atoms with E-state index < -0.39 is 0 Å². The average molecular weight is 156 g/mol. The van der Waals surface area contributed by atoms with E-state index in [0.29, 0.717) is 12.1 Å². The van der Waals surface area contributed by atoms with Crippen molar-refractivity contribution < 1.29 is 0 Å². The molecular weight excluding hydrogens is 148 g/mol. The molecule has 0 saturated heterocycles. The largest absolute Gasteiger partial charge is 0.356 e. The van der Waals surface area contributed by atoms with E-state index in [0.717, 1.165) is 11.6 Å². The van der Waals surface area contributed by atoms with Crippen LogP contribution in [0.1, 0.15) is 6.42 Å². The van der Waals surface area contributed by atoms with Gasteiger partial charge in [-0.1, -0.05) is 11.3 Å². The normalized spacial score (nSPS) is 30.1. The van der Waals surface area contributed by atoms with Gasteiger partial charge >= 0.3 is 0 Å². The van der Waals surface area contributed by atoms with E-state index in [1.165, 1.54) is 11.3 Å². The van der Waals surface area contributed by atoms with Crippen molar-refractivity contribution in [2.75, 3.05) is 5.32 Å². The van der Waals surface area contributed by atoms with Crippen LogP contribution in [0, 0.1) is 0 Å².